The fourth-order valence-electron chi connectivity index (χ4n) is 10.1. The van der Waals surface area contributed by atoms with Crippen LogP contribution in [0.15, 0.2) is 79.0 Å². The zero-order valence-corrected chi connectivity index (χ0v) is 41.0. The lowest BCUT2D eigenvalue weighted by molar-refractivity contribution is -0.127. The van der Waals surface area contributed by atoms with Gasteiger partial charge in [-0.15, -0.1) is 0 Å². The molecule has 0 spiro atoms. The Morgan fingerprint density at radius 2 is 1.57 bits per heavy atom. The number of benzene rings is 3. The Morgan fingerprint density at radius 3 is 2.23 bits per heavy atom. The minimum Gasteiger partial charge on any atom is -0.497 e. The molecule has 0 aliphatic carbocycles. The van der Waals surface area contributed by atoms with Gasteiger partial charge in [-0.3, -0.25) is 19.2 Å². The van der Waals surface area contributed by atoms with E-state index in [0.717, 1.165) is 30.5 Å². The molecule has 6 aromatic rings. The molecule has 3 aliphatic heterocycles. The van der Waals surface area contributed by atoms with Crippen molar-refractivity contribution in [2.45, 2.75) is 70.4 Å². The maximum Gasteiger partial charge on any atom is 0.340 e. The largest absolute Gasteiger partial charge is 0.497 e. The summed E-state index contributed by atoms with van der Waals surface area (Å²) in [5, 5.41) is 0.792. The van der Waals surface area contributed by atoms with Crippen LogP contribution in [0.4, 0.5) is 24.8 Å². The summed E-state index contributed by atoms with van der Waals surface area (Å²) in [5.41, 5.74) is 0.927. The van der Waals surface area contributed by atoms with Gasteiger partial charge in [-0.1, -0.05) is 36.4 Å². The van der Waals surface area contributed by atoms with Gasteiger partial charge in [-0.2, -0.15) is 9.97 Å². The maximum absolute atomic E-state index is 17.9. The third-order valence-corrected chi connectivity index (χ3v) is 15.6. The topological polar surface area (TPSA) is 145 Å². The third kappa shape index (κ3) is 10.1. The van der Waals surface area contributed by atoms with Crippen LogP contribution in [0.1, 0.15) is 50.7 Å². The molecule has 0 bridgehead atoms. The van der Waals surface area contributed by atoms with Gasteiger partial charge < -0.3 is 38.0 Å². The number of ether oxygens (including phenoxy) is 3. The fraction of sp³-hybridized carbons (Fsp3) is 0.431. The Balaban J connectivity index is 1.12. The number of pyridine rings is 2. The molecule has 0 radical (unpaired) electrons. The van der Waals surface area contributed by atoms with Gasteiger partial charge in [0.25, 0.3) is 0 Å². The van der Waals surface area contributed by atoms with E-state index in [1.54, 1.807) is 58.2 Å². The van der Waals surface area contributed by atoms with Crippen molar-refractivity contribution in [1.82, 2.24) is 29.7 Å². The quantitative estimate of drug-likeness (QED) is 0.0712. The average molecular weight is 983 g/mol. The molecule has 70 heavy (non-hydrogen) atoms. The number of methoxy groups -OCH3 is 2. The summed E-state index contributed by atoms with van der Waals surface area (Å²) in [7, 11) is 1.34. The number of rotatable bonds is 19. The number of likely N-dealkylation sites (tertiary alicyclic amines) is 1. The van der Waals surface area contributed by atoms with E-state index >= 15 is 8.78 Å². The van der Waals surface area contributed by atoms with Gasteiger partial charge in [0.15, 0.2) is 5.82 Å². The summed E-state index contributed by atoms with van der Waals surface area (Å²) in [4.78, 5) is 40.4. The van der Waals surface area contributed by atoms with Gasteiger partial charge in [-0.05, 0) is 92.6 Å². The monoisotopic (exact) mass is 982 g/mol. The van der Waals surface area contributed by atoms with Crippen molar-refractivity contribution in [1.29, 1.82) is 0 Å². The summed E-state index contributed by atoms with van der Waals surface area (Å²) >= 11 is 0. The highest BCUT2D eigenvalue weighted by Crippen LogP contribution is 2.48. The number of hydrogen-bond donors (Lipinski definition) is 0. The second-order valence-corrected chi connectivity index (χ2v) is 20.1. The second-order valence-electron chi connectivity index (χ2n) is 18.1. The summed E-state index contributed by atoms with van der Waals surface area (Å²) in [6.07, 6.45) is 2.49. The van der Waals surface area contributed by atoms with Crippen LogP contribution in [0.5, 0.6) is 17.5 Å². The van der Waals surface area contributed by atoms with Crippen LogP contribution in [0.2, 0.25) is 0 Å². The number of aromatic nitrogens is 4. The molecule has 3 saturated heterocycles. The summed E-state index contributed by atoms with van der Waals surface area (Å²) < 4.78 is 90.3. The van der Waals surface area contributed by atoms with Gasteiger partial charge >= 0.3 is 13.6 Å². The van der Waals surface area contributed by atoms with Crippen LogP contribution in [0, 0.1) is 11.6 Å². The first-order valence-corrected chi connectivity index (χ1v) is 25.4. The minimum atomic E-state index is -3.66. The molecule has 370 valence electrons. The van der Waals surface area contributed by atoms with Crippen LogP contribution in [-0.2, 0) is 31.5 Å². The predicted octanol–water partition coefficient (Wildman–Crippen LogP) is 9.00. The molecular weight excluding hydrogens is 925 g/mol. The fourth-order valence-corrected chi connectivity index (χ4v) is 11.7. The molecule has 1 amide bonds. The summed E-state index contributed by atoms with van der Waals surface area (Å²) in [6, 6.07) is 21.3. The van der Waals surface area contributed by atoms with E-state index in [1.165, 1.54) is 12.3 Å². The molecule has 0 N–H and O–H groups in total. The third-order valence-electron chi connectivity index (χ3n) is 13.7. The molecule has 0 unspecified atom stereocenters. The van der Waals surface area contributed by atoms with Crippen molar-refractivity contribution in [3.8, 4) is 28.9 Å². The second kappa shape index (κ2) is 20.7. The van der Waals surface area contributed by atoms with Crippen LogP contribution >= 0.6 is 7.60 Å². The predicted molar refractivity (Wildman–Crippen MR) is 262 cm³/mol. The number of carbonyl (C=O) groups is 1. The number of amides is 1. The smallest absolute Gasteiger partial charge is 0.340 e. The van der Waals surface area contributed by atoms with Crippen LogP contribution in [-0.4, -0.2) is 127 Å². The number of halogens is 3. The average Bonchev–Trinajstić information content (AvgIpc) is 4.09. The van der Waals surface area contributed by atoms with E-state index in [1.807, 2.05) is 58.3 Å². The highest BCUT2D eigenvalue weighted by atomic mass is 31.2. The van der Waals surface area contributed by atoms with Gasteiger partial charge in [0.1, 0.15) is 64.8 Å². The van der Waals surface area contributed by atoms with Crippen LogP contribution < -0.4 is 24.0 Å². The zero-order chi connectivity index (χ0) is 49.2. The van der Waals surface area contributed by atoms with Gasteiger partial charge in [0, 0.05) is 63.8 Å². The molecule has 6 heterocycles. The van der Waals surface area contributed by atoms with Crippen molar-refractivity contribution in [2.24, 2.45) is 0 Å². The van der Waals surface area contributed by atoms with Crippen molar-refractivity contribution in [3.05, 3.63) is 102 Å². The molecule has 3 aromatic carbocycles. The molecule has 3 aliphatic rings. The Bertz CT molecular complexity index is 2840. The first-order chi connectivity index (χ1) is 33.8. The number of hydrogen-bond acceptors (Lipinski definition) is 14. The lowest BCUT2D eigenvalue weighted by Crippen LogP contribution is -2.43. The SMILES string of the molecule is CCOP(=O)(CC(=O)N1CC[C@@H](N(C)c2nc(OC[C@@]34CCCN3C[C@H](F)C4)nc3c(F)c(-c4nc(N(Cc5ccc(OC)cc5)Cc5ccc(OC)cc5)cc5cccc(F)c45)ncc23)C1)OCC. The summed E-state index contributed by atoms with van der Waals surface area (Å²) in [5.74, 6) is 0.265. The van der Waals surface area contributed by atoms with Crippen molar-refractivity contribution >= 4 is 46.8 Å². The van der Waals surface area contributed by atoms with E-state index in [9.17, 15) is 13.8 Å². The normalized spacial score (nSPS) is 19.2. The number of carbonyl (C=O) groups excluding carboxylic acids is 1. The number of nitrogens with zero attached hydrogens (tertiary/aromatic N) is 8. The molecular formula is C51H58F3N8O7P. The lowest BCUT2D eigenvalue weighted by Gasteiger charge is -2.31. The number of alkyl halides is 1. The van der Waals surface area contributed by atoms with E-state index in [4.69, 9.17) is 33.2 Å². The molecule has 15 nitrogen and oxygen atoms in total. The number of anilines is 2. The van der Waals surface area contributed by atoms with E-state index in [0.29, 0.717) is 61.7 Å². The highest BCUT2D eigenvalue weighted by Gasteiger charge is 2.49. The zero-order valence-electron chi connectivity index (χ0n) is 40.1. The Morgan fingerprint density at radius 1 is 0.886 bits per heavy atom. The summed E-state index contributed by atoms with van der Waals surface area (Å²) in [6.45, 7) is 6.13. The first-order valence-electron chi connectivity index (χ1n) is 23.7. The lowest BCUT2D eigenvalue weighted by atomic mass is 9.95. The van der Waals surface area contributed by atoms with Crippen molar-refractivity contribution in [2.75, 3.05) is 83.2 Å². The number of fused-ring (bicyclic) bond motifs is 3. The van der Waals surface area contributed by atoms with Crippen LogP contribution in [0.3, 0.4) is 0 Å². The Hall–Kier alpha value is -6.07. The van der Waals surface area contributed by atoms with E-state index in [2.05, 4.69) is 14.9 Å². The first kappa shape index (κ1) is 48.9. The van der Waals surface area contributed by atoms with Gasteiger partial charge in [-0.25, -0.2) is 18.2 Å². The molecule has 3 aromatic heterocycles. The minimum absolute atomic E-state index is 0.0304. The molecule has 9 rings (SSSR count). The van der Waals surface area contributed by atoms with E-state index < -0.39 is 37.1 Å². The molecule has 3 fully saturated rings. The standard InChI is InChI=1S/C51H58F3N8O7P/c1-6-68-70(64,69-7-2)31-43(63)60-23-20-37(30-60)59(3)49-40-26-55-48(45(54)46(40)57-50(58-49)67-32-51-21-9-22-62(51)29-36(52)25-51)47-44-35(10-8-11-41(44)53)24-42(56-47)61(27-33-12-16-38(65-4)17-13-33)28-34-14-18-39(66-5)19-15-34/h8,10-19,24,26,36-37H,6-7,9,20-23,25,27-32H2,1-5H3/t36-,37-,51+/m1/s1. The maximum atomic E-state index is 17.9. The van der Waals surface area contributed by atoms with E-state index in [-0.39, 0.29) is 77.8 Å². The van der Waals surface area contributed by atoms with Crippen molar-refractivity contribution < 1.29 is 45.8 Å². The van der Waals surface area contributed by atoms with Gasteiger partial charge in [0.2, 0.25) is 5.91 Å². The Labute approximate surface area is 405 Å². The molecule has 19 heteroatoms. The number of likely N-dealkylation sites (N-methyl/N-ethyl adjacent to an activating group) is 1. The van der Waals surface area contributed by atoms with Crippen LogP contribution in [0.25, 0.3) is 33.1 Å². The van der Waals surface area contributed by atoms with Gasteiger partial charge in [0.05, 0.1) is 38.4 Å². The highest BCUT2D eigenvalue weighted by molar-refractivity contribution is 7.54. The van der Waals surface area contributed by atoms with Crippen molar-refractivity contribution in [3.63, 3.8) is 0 Å². The molecule has 0 saturated carbocycles. The Kier molecular flexibility index (Phi) is 14.5. The molecule has 3 atom stereocenters.